The second-order valence-electron chi connectivity index (χ2n) is 4.11. The summed E-state index contributed by atoms with van der Waals surface area (Å²) in [5.41, 5.74) is 5.11. The topological polar surface area (TPSA) is 68.0 Å². The number of nitrogens with one attached hydrogen (secondary N) is 1. The molecule has 1 rings (SSSR count). The molecule has 98 valence electrons. The molecule has 6 heteroatoms. The zero-order valence-corrected chi connectivity index (χ0v) is 12.1. The molecule has 0 fully saturated rings. The smallest absolute Gasteiger partial charge is 0.245 e. The van der Waals surface area contributed by atoms with E-state index in [1.165, 1.54) is 11.3 Å². The number of hydrogen-bond acceptors (Lipinski definition) is 4. The Kier molecular flexibility index (Phi) is 6.67. The summed E-state index contributed by atoms with van der Waals surface area (Å²) >= 11 is 1.50. The molecular formula is C11H20ClN3OS. The van der Waals surface area contributed by atoms with Crippen LogP contribution in [0.2, 0.25) is 0 Å². The number of halogens is 1. The van der Waals surface area contributed by atoms with Gasteiger partial charge in [-0.25, -0.2) is 4.98 Å². The van der Waals surface area contributed by atoms with Crippen molar-refractivity contribution in [2.45, 2.75) is 45.6 Å². The largest absolute Gasteiger partial charge is 0.318 e. The summed E-state index contributed by atoms with van der Waals surface area (Å²) in [6.07, 6.45) is 4.28. The molecule has 1 aromatic heterocycles. The summed E-state index contributed by atoms with van der Waals surface area (Å²) in [5.74, 6) is -0.161. The minimum atomic E-state index is -0.813. The van der Waals surface area contributed by atoms with Crippen molar-refractivity contribution < 1.29 is 4.79 Å². The molecule has 0 saturated heterocycles. The van der Waals surface area contributed by atoms with Crippen LogP contribution in [0.5, 0.6) is 0 Å². The van der Waals surface area contributed by atoms with E-state index < -0.39 is 5.54 Å². The lowest BCUT2D eigenvalue weighted by Gasteiger charge is -2.21. The molecule has 1 amide bonds. The predicted octanol–water partition coefficient (Wildman–Crippen LogP) is 2.58. The van der Waals surface area contributed by atoms with Crippen molar-refractivity contribution in [2.24, 2.45) is 5.73 Å². The van der Waals surface area contributed by atoms with Gasteiger partial charge in [0.2, 0.25) is 5.91 Å². The molecule has 3 N–H and O–H groups in total. The molecule has 0 aliphatic rings. The Hall–Kier alpha value is -0.650. The summed E-state index contributed by atoms with van der Waals surface area (Å²) in [6, 6.07) is 0. The number of amides is 1. The fourth-order valence-corrected chi connectivity index (χ4v) is 2.15. The summed E-state index contributed by atoms with van der Waals surface area (Å²) in [6.45, 7) is 5.82. The molecule has 1 aromatic rings. The maximum atomic E-state index is 11.9. The number of aromatic nitrogens is 1. The first-order valence-corrected chi connectivity index (χ1v) is 6.36. The lowest BCUT2D eigenvalue weighted by Crippen LogP contribution is -2.48. The monoisotopic (exact) mass is 277 g/mol. The zero-order valence-electron chi connectivity index (χ0n) is 10.4. The molecule has 0 saturated carbocycles. The van der Waals surface area contributed by atoms with Crippen LogP contribution in [0.1, 0.15) is 38.5 Å². The average molecular weight is 278 g/mol. The van der Waals surface area contributed by atoms with Crippen molar-refractivity contribution in [1.29, 1.82) is 0 Å². The third-order valence-corrected chi connectivity index (χ3v) is 3.47. The van der Waals surface area contributed by atoms with Gasteiger partial charge >= 0.3 is 0 Å². The number of carbonyl (C=O) groups excluding carboxylic acids is 1. The fraction of sp³-hybridized carbons (Fsp3) is 0.636. The second kappa shape index (κ2) is 6.93. The van der Waals surface area contributed by atoms with Crippen LogP contribution < -0.4 is 11.1 Å². The number of carbonyl (C=O) groups is 1. The molecule has 0 aromatic carbocycles. The normalized spacial score (nSPS) is 13.6. The highest BCUT2D eigenvalue weighted by molar-refractivity contribution is 7.15. The molecule has 1 heterocycles. The lowest BCUT2D eigenvalue weighted by molar-refractivity contribution is -0.120. The third-order valence-electron chi connectivity index (χ3n) is 2.41. The van der Waals surface area contributed by atoms with Gasteiger partial charge in [-0.1, -0.05) is 20.3 Å². The van der Waals surface area contributed by atoms with Crippen molar-refractivity contribution in [2.75, 3.05) is 5.32 Å². The highest BCUT2D eigenvalue weighted by Crippen LogP contribution is 2.20. The van der Waals surface area contributed by atoms with Crippen LogP contribution >= 0.6 is 23.7 Å². The van der Waals surface area contributed by atoms with Crippen LogP contribution in [-0.2, 0) is 11.2 Å². The van der Waals surface area contributed by atoms with Gasteiger partial charge in [-0.2, -0.15) is 0 Å². The Balaban J connectivity index is 0.00000256. The Morgan fingerprint density at radius 2 is 2.24 bits per heavy atom. The van der Waals surface area contributed by atoms with E-state index in [0.717, 1.165) is 17.7 Å². The molecule has 1 atom stereocenters. The van der Waals surface area contributed by atoms with E-state index in [1.807, 2.05) is 6.92 Å². The minimum absolute atomic E-state index is 0. The van der Waals surface area contributed by atoms with Gasteiger partial charge in [0.25, 0.3) is 0 Å². The number of nitrogens with two attached hydrogens (primary N) is 1. The van der Waals surface area contributed by atoms with Gasteiger partial charge in [0, 0.05) is 11.1 Å². The third kappa shape index (κ3) is 4.61. The van der Waals surface area contributed by atoms with Gasteiger partial charge in [-0.15, -0.1) is 23.7 Å². The first kappa shape index (κ1) is 16.4. The zero-order chi connectivity index (χ0) is 12.2. The maximum absolute atomic E-state index is 11.9. The van der Waals surface area contributed by atoms with Crippen LogP contribution in [0.25, 0.3) is 0 Å². The molecule has 0 aliphatic carbocycles. The van der Waals surface area contributed by atoms with Crippen molar-refractivity contribution in [1.82, 2.24) is 4.98 Å². The number of rotatable bonds is 5. The van der Waals surface area contributed by atoms with Crippen LogP contribution in [0, 0.1) is 0 Å². The number of aryl methyl sites for hydroxylation is 1. The van der Waals surface area contributed by atoms with E-state index in [1.54, 1.807) is 13.1 Å². The Bertz CT molecular complexity index is 365. The van der Waals surface area contributed by atoms with Gasteiger partial charge in [-0.3, -0.25) is 4.79 Å². The average Bonchev–Trinajstić information content (AvgIpc) is 2.65. The van der Waals surface area contributed by atoms with Gasteiger partial charge in [0.15, 0.2) is 5.13 Å². The summed E-state index contributed by atoms with van der Waals surface area (Å²) < 4.78 is 0. The molecule has 4 nitrogen and oxygen atoms in total. The van der Waals surface area contributed by atoms with Crippen LogP contribution in [0.15, 0.2) is 6.20 Å². The maximum Gasteiger partial charge on any atom is 0.245 e. The van der Waals surface area contributed by atoms with Crippen LogP contribution in [0.4, 0.5) is 5.13 Å². The number of anilines is 1. The number of hydrogen-bond donors (Lipinski definition) is 2. The van der Waals surface area contributed by atoms with Gasteiger partial charge in [-0.05, 0) is 19.8 Å². The van der Waals surface area contributed by atoms with E-state index in [0.29, 0.717) is 11.6 Å². The lowest BCUT2D eigenvalue weighted by atomic mass is 9.97. The summed E-state index contributed by atoms with van der Waals surface area (Å²) in [7, 11) is 0. The van der Waals surface area contributed by atoms with E-state index in [2.05, 4.69) is 17.2 Å². The van der Waals surface area contributed by atoms with E-state index >= 15 is 0 Å². The standard InChI is InChI=1S/C11H19N3OS.ClH/c1-4-6-11(3,12)9(15)14-10-13-7-8(5-2)16-10;/h7H,4-6,12H2,1-3H3,(H,13,14,15);1H. The highest BCUT2D eigenvalue weighted by Gasteiger charge is 2.27. The quantitative estimate of drug-likeness (QED) is 0.869. The van der Waals surface area contributed by atoms with Crippen molar-refractivity contribution in [3.63, 3.8) is 0 Å². The molecular weight excluding hydrogens is 258 g/mol. The van der Waals surface area contributed by atoms with Gasteiger partial charge < -0.3 is 11.1 Å². The summed E-state index contributed by atoms with van der Waals surface area (Å²) in [5, 5.41) is 3.40. The first-order valence-electron chi connectivity index (χ1n) is 5.54. The van der Waals surface area contributed by atoms with E-state index in [4.69, 9.17) is 5.73 Å². The molecule has 1 unspecified atom stereocenters. The highest BCUT2D eigenvalue weighted by atomic mass is 35.5. The van der Waals surface area contributed by atoms with Crippen LogP contribution in [0.3, 0.4) is 0 Å². The van der Waals surface area contributed by atoms with Crippen molar-refractivity contribution in [3.8, 4) is 0 Å². The molecule has 0 spiro atoms. The molecule has 17 heavy (non-hydrogen) atoms. The SMILES string of the molecule is CCCC(C)(N)C(=O)Nc1ncc(CC)s1.Cl. The fourth-order valence-electron chi connectivity index (χ4n) is 1.40. The van der Waals surface area contributed by atoms with Gasteiger partial charge in [0.1, 0.15) is 0 Å². The minimum Gasteiger partial charge on any atom is -0.318 e. The molecule has 0 bridgehead atoms. The van der Waals surface area contributed by atoms with Gasteiger partial charge in [0.05, 0.1) is 5.54 Å². The second-order valence-corrected chi connectivity index (χ2v) is 5.22. The Morgan fingerprint density at radius 3 is 2.71 bits per heavy atom. The number of nitrogens with zero attached hydrogens (tertiary/aromatic N) is 1. The molecule has 0 aliphatic heterocycles. The van der Waals surface area contributed by atoms with E-state index in [-0.39, 0.29) is 18.3 Å². The molecule has 0 radical (unpaired) electrons. The predicted molar refractivity (Wildman–Crippen MR) is 74.9 cm³/mol. The first-order chi connectivity index (χ1) is 7.49. The Labute approximate surface area is 112 Å². The number of thiazole rings is 1. The Morgan fingerprint density at radius 1 is 1.59 bits per heavy atom. The summed E-state index contributed by atoms with van der Waals surface area (Å²) in [4.78, 5) is 17.1. The van der Waals surface area contributed by atoms with Crippen molar-refractivity contribution in [3.05, 3.63) is 11.1 Å². The van der Waals surface area contributed by atoms with Crippen LogP contribution in [-0.4, -0.2) is 16.4 Å². The van der Waals surface area contributed by atoms with Crippen molar-refractivity contribution >= 4 is 34.8 Å². The van der Waals surface area contributed by atoms with E-state index in [9.17, 15) is 4.79 Å².